The maximum atomic E-state index is 4.44. The Balaban J connectivity index is 0.00000261. The number of guanidine groups is 1. The normalized spacial score (nSPS) is 23.7. The molecule has 0 amide bonds. The van der Waals surface area contributed by atoms with Crippen LogP contribution in [0.25, 0.3) is 0 Å². The summed E-state index contributed by atoms with van der Waals surface area (Å²) in [6, 6.07) is 9.40. The fraction of sp³-hybridized carbons (Fsp3) is 0.667. The Morgan fingerprint density at radius 1 is 1.15 bits per heavy atom. The average molecular weight is 503 g/mol. The summed E-state index contributed by atoms with van der Waals surface area (Å²) in [7, 11) is 1.87. The molecule has 1 aliphatic carbocycles. The second-order valence-electron chi connectivity index (χ2n) is 7.54. The van der Waals surface area contributed by atoms with Gasteiger partial charge in [0.2, 0.25) is 0 Å². The lowest BCUT2D eigenvalue weighted by Gasteiger charge is -2.27. The molecule has 152 valence electrons. The lowest BCUT2D eigenvalue weighted by atomic mass is 10.0. The predicted octanol–water partition coefficient (Wildman–Crippen LogP) is 4.24. The maximum Gasteiger partial charge on any atom is 0.191 e. The van der Waals surface area contributed by atoms with Gasteiger partial charge in [-0.25, -0.2) is 0 Å². The van der Waals surface area contributed by atoms with Gasteiger partial charge in [0.05, 0.1) is 0 Å². The van der Waals surface area contributed by atoms with Crippen LogP contribution in [0.15, 0.2) is 29.3 Å². The van der Waals surface area contributed by atoms with Gasteiger partial charge in [-0.05, 0) is 62.6 Å². The molecule has 4 nitrogen and oxygen atoms in total. The first-order chi connectivity index (χ1) is 12.8. The minimum absolute atomic E-state index is 0. The van der Waals surface area contributed by atoms with Crippen molar-refractivity contribution in [2.75, 3.05) is 26.4 Å². The molecule has 1 heterocycles. The number of nitrogens with zero attached hydrogens (tertiary/aromatic N) is 2. The molecule has 1 saturated heterocycles. The monoisotopic (exact) mass is 502 g/mol. The third kappa shape index (κ3) is 7.13. The number of piperidine rings is 1. The smallest absolute Gasteiger partial charge is 0.191 e. The van der Waals surface area contributed by atoms with Gasteiger partial charge in [-0.1, -0.05) is 30.7 Å². The Bertz CT molecular complexity index is 589. The summed E-state index contributed by atoms with van der Waals surface area (Å²) in [5.74, 6) is 0.935. The van der Waals surface area contributed by atoms with Crippen molar-refractivity contribution >= 4 is 41.7 Å². The van der Waals surface area contributed by atoms with E-state index in [4.69, 9.17) is 0 Å². The van der Waals surface area contributed by atoms with E-state index >= 15 is 0 Å². The van der Waals surface area contributed by atoms with Gasteiger partial charge in [-0.15, -0.1) is 24.0 Å². The molecule has 6 heteroatoms. The van der Waals surface area contributed by atoms with Gasteiger partial charge < -0.3 is 10.6 Å². The number of aliphatic imine (C=N–C) groups is 1. The van der Waals surface area contributed by atoms with Crippen molar-refractivity contribution in [2.45, 2.75) is 62.9 Å². The van der Waals surface area contributed by atoms with E-state index < -0.39 is 0 Å². The quantitative estimate of drug-likeness (QED) is 0.347. The maximum absolute atomic E-state index is 4.44. The summed E-state index contributed by atoms with van der Waals surface area (Å²) in [4.78, 5) is 7.03. The van der Waals surface area contributed by atoms with Gasteiger partial charge in [0, 0.05) is 31.4 Å². The molecule has 1 aromatic rings. The topological polar surface area (TPSA) is 39.7 Å². The van der Waals surface area contributed by atoms with E-state index in [-0.39, 0.29) is 24.0 Å². The molecular weight excluding hydrogens is 467 g/mol. The zero-order valence-electron chi connectivity index (χ0n) is 16.7. The van der Waals surface area contributed by atoms with Crippen LogP contribution in [0.1, 0.15) is 49.7 Å². The lowest BCUT2D eigenvalue weighted by Crippen LogP contribution is -2.42. The fourth-order valence-electron chi connectivity index (χ4n) is 4.09. The highest BCUT2D eigenvalue weighted by Gasteiger charge is 2.24. The number of hydrogen-bond acceptors (Lipinski definition) is 3. The highest BCUT2D eigenvalue weighted by molar-refractivity contribution is 14.0. The molecule has 0 spiro atoms. The molecule has 27 heavy (non-hydrogen) atoms. The van der Waals surface area contributed by atoms with Crippen molar-refractivity contribution < 1.29 is 0 Å². The fourth-order valence-corrected chi connectivity index (χ4v) is 4.89. The standard InChI is InChI=1S/C21H34N4S.HI/c1-22-21(24-19-10-11-20(14-19)26-2)23-15-17-8-4-5-9-18(17)16-25-12-6-3-7-13-25;/h4-5,8-9,19-20H,3,6-7,10-16H2,1-2H3,(H2,22,23,24);1H. The molecule has 1 aromatic carbocycles. The van der Waals surface area contributed by atoms with Crippen molar-refractivity contribution in [1.29, 1.82) is 0 Å². The SMILES string of the molecule is CN=C(NCc1ccccc1CN1CCCCC1)NC1CCC(SC)C1.I. The number of thioether (sulfide) groups is 1. The third-order valence-corrected chi connectivity index (χ3v) is 6.78. The minimum Gasteiger partial charge on any atom is -0.354 e. The van der Waals surface area contributed by atoms with Crippen LogP contribution in [-0.2, 0) is 13.1 Å². The molecular formula is C21H35IN4S. The first-order valence-corrected chi connectivity index (χ1v) is 11.4. The number of rotatable bonds is 6. The van der Waals surface area contributed by atoms with Crippen LogP contribution >= 0.6 is 35.7 Å². The third-order valence-electron chi connectivity index (χ3n) is 5.69. The zero-order chi connectivity index (χ0) is 18.2. The number of benzene rings is 1. The largest absolute Gasteiger partial charge is 0.354 e. The summed E-state index contributed by atoms with van der Waals surface area (Å²) in [6.45, 7) is 4.39. The van der Waals surface area contributed by atoms with Gasteiger partial charge in [0.25, 0.3) is 0 Å². The van der Waals surface area contributed by atoms with Gasteiger partial charge in [-0.2, -0.15) is 11.8 Å². The Morgan fingerprint density at radius 2 is 1.89 bits per heavy atom. The molecule has 2 fully saturated rings. The van der Waals surface area contributed by atoms with Crippen LogP contribution in [-0.4, -0.2) is 48.5 Å². The van der Waals surface area contributed by atoms with Crippen LogP contribution in [0.2, 0.25) is 0 Å². The highest BCUT2D eigenvalue weighted by Crippen LogP contribution is 2.28. The number of halogens is 1. The molecule has 1 aliphatic heterocycles. The molecule has 1 saturated carbocycles. The second kappa shape index (κ2) is 12.2. The summed E-state index contributed by atoms with van der Waals surface area (Å²) >= 11 is 1.99. The summed E-state index contributed by atoms with van der Waals surface area (Å²) in [5.41, 5.74) is 2.83. The summed E-state index contributed by atoms with van der Waals surface area (Å²) in [6.07, 6.45) is 10.1. The van der Waals surface area contributed by atoms with Crippen LogP contribution in [0.5, 0.6) is 0 Å². The van der Waals surface area contributed by atoms with Crippen LogP contribution in [0.3, 0.4) is 0 Å². The molecule has 2 atom stereocenters. The van der Waals surface area contributed by atoms with E-state index in [1.54, 1.807) is 0 Å². The van der Waals surface area contributed by atoms with E-state index in [0.717, 1.165) is 24.3 Å². The Kier molecular flexibility index (Phi) is 10.3. The molecule has 2 aliphatic rings. The summed E-state index contributed by atoms with van der Waals surface area (Å²) < 4.78 is 0. The van der Waals surface area contributed by atoms with Gasteiger partial charge >= 0.3 is 0 Å². The van der Waals surface area contributed by atoms with E-state index in [2.05, 4.69) is 51.0 Å². The summed E-state index contributed by atoms with van der Waals surface area (Å²) in [5, 5.41) is 7.95. The van der Waals surface area contributed by atoms with Crippen LogP contribution in [0.4, 0.5) is 0 Å². The number of nitrogens with one attached hydrogen (secondary N) is 2. The van der Waals surface area contributed by atoms with Crippen molar-refractivity contribution in [3.05, 3.63) is 35.4 Å². The van der Waals surface area contributed by atoms with Crippen LogP contribution < -0.4 is 10.6 Å². The van der Waals surface area contributed by atoms with Crippen molar-refractivity contribution in [3.63, 3.8) is 0 Å². The first-order valence-electron chi connectivity index (χ1n) is 10.1. The average Bonchev–Trinajstić information content (AvgIpc) is 3.14. The predicted molar refractivity (Wildman–Crippen MR) is 129 cm³/mol. The molecule has 2 unspecified atom stereocenters. The Morgan fingerprint density at radius 3 is 2.56 bits per heavy atom. The van der Waals surface area contributed by atoms with Gasteiger partial charge in [0.15, 0.2) is 5.96 Å². The van der Waals surface area contributed by atoms with E-state index in [1.807, 2.05) is 18.8 Å². The van der Waals surface area contributed by atoms with E-state index in [0.29, 0.717) is 6.04 Å². The minimum atomic E-state index is 0. The first kappa shape index (κ1) is 22.8. The van der Waals surface area contributed by atoms with Crippen LogP contribution in [0, 0.1) is 0 Å². The van der Waals surface area contributed by atoms with Crippen molar-refractivity contribution in [3.8, 4) is 0 Å². The molecule has 0 radical (unpaired) electrons. The molecule has 0 bridgehead atoms. The van der Waals surface area contributed by atoms with Gasteiger partial charge in [-0.3, -0.25) is 9.89 Å². The van der Waals surface area contributed by atoms with Crippen molar-refractivity contribution in [2.24, 2.45) is 4.99 Å². The molecule has 0 aromatic heterocycles. The second-order valence-corrected chi connectivity index (χ2v) is 8.68. The number of likely N-dealkylation sites (tertiary alicyclic amines) is 1. The van der Waals surface area contributed by atoms with E-state index in [1.165, 1.54) is 62.7 Å². The lowest BCUT2D eigenvalue weighted by molar-refractivity contribution is 0.220. The Labute approximate surface area is 186 Å². The van der Waals surface area contributed by atoms with Crippen molar-refractivity contribution in [1.82, 2.24) is 15.5 Å². The van der Waals surface area contributed by atoms with Gasteiger partial charge in [0.1, 0.15) is 0 Å². The van der Waals surface area contributed by atoms with E-state index in [9.17, 15) is 0 Å². The molecule has 2 N–H and O–H groups in total. The highest BCUT2D eigenvalue weighted by atomic mass is 127. The number of hydrogen-bond donors (Lipinski definition) is 2. The zero-order valence-corrected chi connectivity index (χ0v) is 19.9. The Hall–Kier alpha value is -0.470. The molecule has 3 rings (SSSR count).